The van der Waals surface area contributed by atoms with Crippen LogP contribution < -0.4 is 16.1 Å². The summed E-state index contributed by atoms with van der Waals surface area (Å²) in [4.78, 5) is 26.9. The van der Waals surface area contributed by atoms with Gasteiger partial charge in [0.05, 0.1) is 18.6 Å². The fourth-order valence-corrected chi connectivity index (χ4v) is 3.98. The Labute approximate surface area is 193 Å². The molecule has 0 aliphatic carbocycles. The van der Waals surface area contributed by atoms with Gasteiger partial charge in [0, 0.05) is 24.7 Å². The van der Waals surface area contributed by atoms with Crippen molar-refractivity contribution in [2.24, 2.45) is 11.7 Å². The molecule has 3 aromatic rings. The lowest BCUT2D eigenvalue weighted by molar-refractivity contribution is -0.146. The first-order chi connectivity index (χ1) is 15.9. The van der Waals surface area contributed by atoms with Crippen molar-refractivity contribution in [2.75, 3.05) is 31.2 Å². The highest BCUT2D eigenvalue weighted by molar-refractivity contribution is 5.92. The zero-order valence-corrected chi connectivity index (χ0v) is 19.1. The Kier molecular flexibility index (Phi) is 7.11. The van der Waals surface area contributed by atoms with Crippen molar-refractivity contribution in [2.45, 2.75) is 32.9 Å². The van der Waals surface area contributed by atoms with E-state index in [0.717, 1.165) is 16.7 Å². The van der Waals surface area contributed by atoms with Gasteiger partial charge in [0.1, 0.15) is 18.2 Å². The predicted octanol–water partition coefficient (Wildman–Crippen LogP) is 3.71. The molecule has 7 nitrogen and oxygen atoms in total. The molecule has 1 saturated heterocycles. The largest absolute Gasteiger partial charge is 0.460 e. The molecule has 4 rings (SSSR count). The molecular weight excluding hydrogens is 420 g/mol. The normalized spacial score (nSPS) is 15.1. The molecule has 0 bridgehead atoms. The van der Waals surface area contributed by atoms with Crippen LogP contribution in [-0.4, -0.2) is 38.3 Å². The second-order valence-corrected chi connectivity index (χ2v) is 8.77. The highest BCUT2D eigenvalue weighted by atomic mass is 16.5. The van der Waals surface area contributed by atoms with E-state index in [4.69, 9.17) is 19.6 Å². The van der Waals surface area contributed by atoms with Gasteiger partial charge >= 0.3 is 5.97 Å². The van der Waals surface area contributed by atoms with E-state index in [-0.39, 0.29) is 18.0 Å². The number of carbonyl (C=O) groups excluding carboxylic acids is 1. The minimum absolute atomic E-state index is 0.0686. The van der Waals surface area contributed by atoms with Crippen LogP contribution in [0.25, 0.3) is 22.1 Å². The molecule has 2 aromatic carbocycles. The Bertz CT molecular complexity index is 1160. The van der Waals surface area contributed by atoms with Gasteiger partial charge in [-0.2, -0.15) is 0 Å². The van der Waals surface area contributed by atoms with Gasteiger partial charge < -0.3 is 24.5 Å². The number of ether oxygens (including phenoxy) is 2. The molecule has 33 heavy (non-hydrogen) atoms. The van der Waals surface area contributed by atoms with Crippen molar-refractivity contribution in [3.63, 3.8) is 0 Å². The number of esters is 1. The van der Waals surface area contributed by atoms with Crippen molar-refractivity contribution in [1.29, 1.82) is 0 Å². The van der Waals surface area contributed by atoms with E-state index in [9.17, 15) is 9.59 Å². The number of carbonyl (C=O) groups is 1. The van der Waals surface area contributed by atoms with Crippen LogP contribution in [-0.2, 0) is 20.9 Å². The summed E-state index contributed by atoms with van der Waals surface area (Å²) in [7, 11) is 0. The number of hydrogen-bond acceptors (Lipinski definition) is 7. The van der Waals surface area contributed by atoms with Gasteiger partial charge in [0.2, 0.25) is 0 Å². The molecule has 0 unspecified atom stereocenters. The van der Waals surface area contributed by atoms with Crippen molar-refractivity contribution < 1.29 is 18.7 Å². The summed E-state index contributed by atoms with van der Waals surface area (Å²) in [6, 6.07) is 14.2. The maximum absolute atomic E-state index is 12.8. The number of nitrogens with two attached hydrogens (primary N) is 1. The molecular formula is C26H30N2O5. The third-order valence-electron chi connectivity index (χ3n) is 5.74. The van der Waals surface area contributed by atoms with Crippen molar-refractivity contribution in [1.82, 2.24) is 0 Å². The van der Waals surface area contributed by atoms with Gasteiger partial charge in [-0.1, -0.05) is 50.2 Å². The average Bonchev–Trinajstić information content (AvgIpc) is 2.82. The molecule has 1 aromatic heterocycles. The third-order valence-corrected chi connectivity index (χ3v) is 5.74. The highest BCUT2D eigenvalue weighted by Crippen LogP contribution is 2.30. The molecule has 1 aliphatic rings. The monoisotopic (exact) mass is 450 g/mol. The number of anilines is 1. The minimum Gasteiger partial charge on any atom is -0.460 e. The Morgan fingerprint density at radius 1 is 1.12 bits per heavy atom. The lowest BCUT2D eigenvalue weighted by atomic mass is 10.0. The van der Waals surface area contributed by atoms with E-state index in [1.165, 1.54) is 0 Å². The number of rotatable bonds is 7. The van der Waals surface area contributed by atoms with E-state index < -0.39 is 6.04 Å². The molecule has 1 aliphatic heterocycles. The summed E-state index contributed by atoms with van der Waals surface area (Å²) in [5, 5.41) is 0.543. The van der Waals surface area contributed by atoms with Crippen LogP contribution in [0.5, 0.6) is 0 Å². The number of benzene rings is 2. The average molecular weight is 451 g/mol. The van der Waals surface area contributed by atoms with Crippen LogP contribution in [0.2, 0.25) is 0 Å². The lowest BCUT2D eigenvalue weighted by Crippen LogP contribution is -2.36. The molecule has 7 heteroatoms. The third kappa shape index (κ3) is 5.43. The van der Waals surface area contributed by atoms with Crippen LogP contribution in [0.3, 0.4) is 0 Å². The summed E-state index contributed by atoms with van der Waals surface area (Å²) in [5.74, 6) is 0.500. The smallest absolute Gasteiger partial charge is 0.323 e. The number of hydrogen-bond donors (Lipinski definition) is 1. The molecule has 0 amide bonds. The Hall–Kier alpha value is -3.16. The fourth-order valence-electron chi connectivity index (χ4n) is 3.98. The summed E-state index contributed by atoms with van der Waals surface area (Å²) < 4.78 is 17.0. The summed E-state index contributed by atoms with van der Waals surface area (Å²) in [6.45, 7) is 6.79. The Morgan fingerprint density at radius 2 is 1.85 bits per heavy atom. The van der Waals surface area contributed by atoms with Gasteiger partial charge in [-0.25, -0.2) is 0 Å². The maximum atomic E-state index is 12.8. The van der Waals surface area contributed by atoms with E-state index >= 15 is 0 Å². The first kappa shape index (κ1) is 23.0. The molecule has 0 radical (unpaired) electrons. The maximum Gasteiger partial charge on any atom is 0.323 e. The van der Waals surface area contributed by atoms with E-state index in [1.54, 1.807) is 12.1 Å². The molecule has 0 spiro atoms. The number of morpholine rings is 1. The molecule has 2 heterocycles. The highest BCUT2D eigenvalue weighted by Gasteiger charge is 2.18. The van der Waals surface area contributed by atoms with Crippen LogP contribution in [0, 0.1) is 5.92 Å². The summed E-state index contributed by atoms with van der Waals surface area (Å²) >= 11 is 0. The van der Waals surface area contributed by atoms with Gasteiger partial charge in [-0.15, -0.1) is 0 Å². The van der Waals surface area contributed by atoms with E-state index in [2.05, 4.69) is 0 Å². The summed E-state index contributed by atoms with van der Waals surface area (Å²) in [5.41, 5.74) is 8.99. The van der Waals surface area contributed by atoms with E-state index in [0.29, 0.717) is 55.5 Å². The fraction of sp³-hybridized carbons (Fsp3) is 0.385. The summed E-state index contributed by atoms with van der Waals surface area (Å²) in [6.07, 6.45) is 0.594. The Balaban J connectivity index is 1.55. The molecule has 174 valence electrons. The standard InChI is InChI=1S/C26H30N2O5/c1-17(2)14-22(27)26(30)32-16-18-6-8-19(9-7-18)20-4-3-5-21-23(29)15-24(33-25(20)21)28-10-12-31-13-11-28/h3-9,15,17,22H,10-14,16,27H2,1-2H3/t22-/m0/s1. The molecule has 0 saturated carbocycles. The minimum atomic E-state index is -0.608. The number of nitrogens with zero attached hydrogens (tertiary/aromatic N) is 1. The van der Waals surface area contributed by atoms with Crippen molar-refractivity contribution in [3.05, 3.63) is 64.3 Å². The number of para-hydroxylation sites is 1. The van der Waals surface area contributed by atoms with Crippen LogP contribution in [0.4, 0.5) is 5.88 Å². The van der Waals surface area contributed by atoms with Crippen LogP contribution >= 0.6 is 0 Å². The zero-order chi connectivity index (χ0) is 23.4. The van der Waals surface area contributed by atoms with E-state index in [1.807, 2.05) is 55.1 Å². The number of fused-ring (bicyclic) bond motifs is 1. The van der Waals surface area contributed by atoms with Gasteiger partial charge in [0.25, 0.3) is 0 Å². The topological polar surface area (TPSA) is 95.0 Å². The first-order valence-corrected chi connectivity index (χ1v) is 11.3. The predicted molar refractivity (Wildman–Crippen MR) is 128 cm³/mol. The van der Waals surface area contributed by atoms with Crippen molar-refractivity contribution in [3.8, 4) is 11.1 Å². The molecule has 1 atom stereocenters. The SMILES string of the molecule is CC(C)C[C@H](N)C(=O)OCc1ccc(-c2cccc3c(=O)cc(N4CCOCC4)oc23)cc1. The van der Waals surface area contributed by atoms with Gasteiger partial charge in [-0.05, 0) is 29.5 Å². The van der Waals surface area contributed by atoms with Crippen LogP contribution in [0.1, 0.15) is 25.8 Å². The Morgan fingerprint density at radius 3 is 2.55 bits per heavy atom. The first-order valence-electron chi connectivity index (χ1n) is 11.3. The van der Waals surface area contributed by atoms with Gasteiger partial charge in [0.15, 0.2) is 11.3 Å². The quantitative estimate of drug-likeness (QED) is 0.548. The second-order valence-electron chi connectivity index (χ2n) is 8.77. The molecule has 2 N–H and O–H groups in total. The molecule has 1 fully saturated rings. The lowest BCUT2D eigenvalue weighted by Gasteiger charge is -2.27. The van der Waals surface area contributed by atoms with Gasteiger partial charge in [-0.3, -0.25) is 9.59 Å². The van der Waals surface area contributed by atoms with Crippen molar-refractivity contribution >= 4 is 22.8 Å². The second kappa shape index (κ2) is 10.2. The van der Waals surface area contributed by atoms with Crippen LogP contribution in [0.15, 0.2) is 57.7 Å². The zero-order valence-electron chi connectivity index (χ0n) is 19.1.